The van der Waals surface area contributed by atoms with Crippen molar-refractivity contribution in [2.45, 2.75) is 18.9 Å². The predicted octanol–water partition coefficient (Wildman–Crippen LogP) is -0.627. The van der Waals surface area contributed by atoms with Crippen molar-refractivity contribution in [3.63, 3.8) is 0 Å². The Balaban J connectivity index is 1.71. The summed E-state index contributed by atoms with van der Waals surface area (Å²) in [5, 5.41) is 6.72. The molecule has 0 amide bonds. The molecule has 0 spiro atoms. The average Bonchev–Trinajstić information content (AvgIpc) is 2.70. The molecule has 2 N–H and O–H groups in total. The highest BCUT2D eigenvalue weighted by Crippen LogP contribution is 2.17. The Hall–Kier alpha value is -0.130. The molecule has 2 fully saturated rings. The monoisotopic (exact) mass is 218 g/mol. The molecular weight excluding hydrogens is 200 g/mol. The Bertz CT molecular complexity index is 283. The van der Waals surface area contributed by atoms with Crippen LogP contribution in [0, 0.1) is 5.92 Å². The van der Waals surface area contributed by atoms with Crippen LogP contribution in [-0.4, -0.2) is 45.6 Å². The van der Waals surface area contributed by atoms with Crippen molar-refractivity contribution in [3.8, 4) is 0 Å². The van der Waals surface area contributed by atoms with Gasteiger partial charge in [-0.05, 0) is 31.8 Å². The van der Waals surface area contributed by atoms with E-state index in [0.717, 1.165) is 26.1 Å². The lowest BCUT2D eigenvalue weighted by Gasteiger charge is -2.14. The SMILES string of the molecule is O=S1(=O)CCC(CN[C@H]2CCNC2)C1. The van der Waals surface area contributed by atoms with Gasteiger partial charge in [-0.3, -0.25) is 0 Å². The summed E-state index contributed by atoms with van der Waals surface area (Å²) < 4.78 is 22.4. The summed E-state index contributed by atoms with van der Waals surface area (Å²) in [5.74, 6) is 1.13. The molecule has 2 aliphatic rings. The maximum Gasteiger partial charge on any atom is 0.150 e. The standard InChI is InChI=1S/C9H18N2O2S/c12-14(13)4-2-8(7-14)5-11-9-1-3-10-6-9/h8-11H,1-7H2/t8?,9-/m0/s1. The number of rotatable bonds is 3. The summed E-state index contributed by atoms with van der Waals surface area (Å²) in [7, 11) is -2.70. The molecular formula is C9H18N2O2S. The molecule has 0 aliphatic carbocycles. The quantitative estimate of drug-likeness (QED) is 0.662. The van der Waals surface area contributed by atoms with Gasteiger partial charge in [-0.25, -0.2) is 8.42 Å². The lowest BCUT2D eigenvalue weighted by Crippen LogP contribution is -2.35. The van der Waals surface area contributed by atoms with Gasteiger partial charge in [0.1, 0.15) is 0 Å². The Morgan fingerprint density at radius 3 is 2.79 bits per heavy atom. The first-order valence-electron chi connectivity index (χ1n) is 5.30. The van der Waals surface area contributed by atoms with Crippen LogP contribution in [0.1, 0.15) is 12.8 Å². The van der Waals surface area contributed by atoms with Crippen LogP contribution in [0.2, 0.25) is 0 Å². The summed E-state index contributed by atoms with van der Waals surface area (Å²) >= 11 is 0. The van der Waals surface area contributed by atoms with Gasteiger partial charge in [0.25, 0.3) is 0 Å². The fraction of sp³-hybridized carbons (Fsp3) is 1.00. The second kappa shape index (κ2) is 4.16. The van der Waals surface area contributed by atoms with Gasteiger partial charge in [-0.1, -0.05) is 0 Å². The highest BCUT2D eigenvalue weighted by atomic mass is 32.2. The zero-order chi connectivity index (χ0) is 10.0. The third kappa shape index (κ3) is 2.68. The summed E-state index contributed by atoms with van der Waals surface area (Å²) in [6.45, 7) is 2.98. The van der Waals surface area contributed by atoms with E-state index in [1.165, 1.54) is 6.42 Å². The molecule has 4 nitrogen and oxygen atoms in total. The third-order valence-corrected chi connectivity index (χ3v) is 4.92. The van der Waals surface area contributed by atoms with E-state index in [0.29, 0.717) is 23.5 Å². The predicted molar refractivity (Wildman–Crippen MR) is 56.0 cm³/mol. The van der Waals surface area contributed by atoms with Crippen molar-refractivity contribution in [2.75, 3.05) is 31.1 Å². The normalized spacial score (nSPS) is 36.3. The van der Waals surface area contributed by atoms with Crippen molar-refractivity contribution in [1.29, 1.82) is 0 Å². The summed E-state index contributed by atoms with van der Waals surface area (Å²) in [5.41, 5.74) is 0. The molecule has 2 saturated heterocycles. The maximum atomic E-state index is 11.2. The molecule has 0 radical (unpaired) electrons. The minimum Gasteiger partial charge on any atom is -0.315 e. The van der Waals surface area contributed by atoms with E-state index in [4.69, 9.17) is 0 Å². The van der Waals surface area contributed by atoms with Gasteiger partial charge in [0, 0.05) is 12.6 Å². The fourth-order valence-corrected chi connectivity index (χ4v) is 4.06. The van der Waals surface area contributed by atoms with Gasteiger partial charge in [-0.2, -0.15) is 0 Å². The first kappa shape index (κ1) is 10.4. The summed E-state index contributed by atoms with van der Waals surface area (Å²) in [6.07, 6.45) is 2.01. The second-order valence-corrected chi connectivity index (χ2v) is 6.60. The number of sulfone groups is 1. The van der Waals surface area contributed by atoms with Gasteiger partial charge in [0.15, 0.2) is 9.84 Å². The lowest BCUT2D eigenvalue weighted by atomic mass is 10.1. The van der Waals surface area contributed by atoms with Crippen molar-refractivity contribution in [3.05, 3.63) is 0 Å². The summed E-state index contributed by atoms with van der Waals surface area (Å²) in [6, 6.07) is 0.554. The Labute approximate surface area is 85.4 Å². The number of hydrogen-bond acceptors (Lipinski definition) is 4. The van der Waals surface area contributed by atoms with Crippen LogP contribution >= 0.6 is 0 Å². The van der Waals surface area contributed by atoms with E-state index in [1.54, 1.807) is 0 Å². The van der Waals surface area contributed by atoms with Gasteiger partial charge in [0.2, 0.25) is 0 Å². The Morgan fingerprint density at radius 2 is 2.21 bits per heavy atom. The Kier molecular flexibility index (Phi) is 3.09. The van der Waals surface area contributed by atoms with E-state index in [1.807, 2.05) is 0 Å². The molecule has 14 heavy (non-hydrogen) atoms. The molecule has 2 rings (SSSR count). The van der Waals surface area contributed by atoms with Crippen LogP contribution in [0.25, 0.3) is 0 Å². The van der Waals surface area contributed by atoms with Crippen molar-refractivity contribution in [1.82, 2.24) is 10.6 Å². The Morgan fingerprint density at radius 1 is 1.36 bits per heavy atom. The molecule has 1 unspecified atom stereocenters. The molecule has 2 heterocycles. The van der Waals surface area contributed by atoms with Gasteiger partial charge >= 0.3 is 0 Å². The van der Waals surface area contributed by atoms with Gasteiger partial charge < -0.3 is 10.6 Å². The topological polar surface area (TPSA) is 58.2 Å². The highest BCUT2D eigenvalue weighted by Gasteiger charge is 2.28. The molecule has 82 valence electrons. The molecule has 2 aliphatic heterocycles. The van der Waals surface area contributed by atoms with Crippen molar-refractivity contribution in [2.24, 2.45) is 5.92 Å². The van der Waals surface area contributed by atoms with Crippen molar-refractivity contribution < 1.29 is 8.42 Å². The zero-order valence-corrected chi connectivity index (χ0v) is 9.15. The van der Waals surface area contributed by atoms with Gasteiger partial charge in [0.05, 0.1) is 11.5 Å². The second-order valence-electron chi connectivity index (χ2n) is 4.37. The highest BCUT2D eigenvalue weighted by molar-refractivity contribution is 7.91. The zero-order valence-electron chi connectivity index (χ0n) is 8.33. The molecule has 0 saturated carbocycles. The number of hydrogen-bond donors (Lipinski definition) is 2. The van der Waals surface area contributed by atoms with E-state index in [2.05, 4.69) is 10.6 Å². The van der Waals surface area contributed by atoms with E-state index in [-0.39, 0.29) is 0 Å². The molecule has 0 bridgehead atoms. The third-order valence-electron chi connectivity index (χ3n) is 3.08. The van der Waals surface area contributed by atoms with E-state index in [9.17, 15) is 8.42 Å². The molecule has 0 aromatic rings. The van der Waals surface area contributed by atoms with E-state index < -0.39 is 9.84 Å². The van der Waals surface area contributed by atoms with Crippen LogP contribution in [0.15, 0.2) is 0 Å². The van der Waals surface area contributed by atoms with E-state index >= 15 is 0 Å². The van der Waals surface area contributed by atoms with Crippen LogP contribution < -0.4 is 10.6 Å². The minimum absolute atomic E-state index is 0.348. The molecule has 0 aromatic heterocycles. The van der Waals surface area contributed by atoms with Crippen LogP contribution in [0.5, 0.6) is 0 Å². The fourth-order valence-electron chi connectivity index (χ4n) is 2.20. The van der Waals surface area contributed by atoms with Crippen molar-refractivity contribution >= 4 is 9.84 Å². The molecule has 5 heteroatoms. The van der Waals surface area contributed by atoms with Crippen LogP contribution in [-0.2, 0) is 9.84 Å². The van der Waals surface area contributed by atoms with Crippen LogP contribution in [0.3, 0.4) is 0 Å². The number of nitrogens with one attached hydrogen (secondary N) is 2. The minimum atomic E-state index is -2.70. The lowest BCUT2D eigenvalue weighted by molar-refractivity contribution is 0.466. The smallest absolute Gasteiger partial charge is 0.150 e. The summed E-state index contributed by atoms with van der Waals surface area (Å²) in [4.78, 5) is 0. The largest absolute Gasteiger partial charge is 0.315 e. The maximum absolute atomic E-state index is 11.2. The van der Waals surface area contributed by atoms with Gasteiger partial charge in [-0.15, -0.1) is 0 Å². The first-order valence-corrected chi connectivity index (χ1v) is 7.12. The first-order chi connectivity index (χ1) is 6.66. The molecule has 2 atom stereocenters. The average molecular weight is 218 g/mol. The molecule has 0 aromatic carbocycles. The van der Waals surface area contributed by atoms with Crippen LogP contribution in [0.4, 0.5) is 0 Å².